The van der Waals surface area contributed by atoms with Gasteiger partial charge in [0, 0.05) is 30.5 Å². The summed E-state index contributed by atoms with van der Waals surface area (Å²) in [7, 11) is 1.74. The van der Waals surface area contributed by atoms with Gasteiger partial charge in [-0.05, 0) is 73.4 Å². The molecule has 1 saturated carbocycles. The van der Waals surface area contributed by atoms with Gasteiger partial charge < -0.3 is 14.8 Å². The fraction of sp³-hybridized carbons (Fsp3) is 0.464. The van der Waals surface area contributed by atoms with Crippen molar-refractivity contribution in [3.8, 4) is 16.2 Å². The Morgan fingerprint density at radius 1 is 1.06 bits per heavy atom. The fourth-order valence-electron chi connectivity index (χ4n) is 5.90. The van der Waals surface area contributed by atoms with Gasteiger partial charge in [0.05, 0.1) is 17.6 Å². The van der Waals surface area contributed by atoms with Crippen LogP contribution in [0.5, 0.6) is 5.75 Å². The quantitative estimate of drug-likeness (QED) is 0.396. The summed E-state index contributed by atoms with van der Waals surface area (Å²) in [4.78, 5) is 6.04. The lowest BCUT2D eigenvalue weighted by Crippen LogP contribution is -2.47. The van der Waals surface area contributed by atoms with E-state index in [0.29, 0.717) is 0 Å². The summed E-state index contributed by atoms with van der Waals surface area (Å²) in [6.45, 7) is 2.65. The first-order chi connectivity index (χ1) is 16.2. The lowest BCUT2D eigenvalue weighted by molar-refractivity contribution is -0.104. The van der Waals surface area contributed by atoms with Gasteiger partial charge in [0.2, 0.25) is 0 Å². The minimum Gasteiger partial charge on any atom is -0.495 e. The van der Waals surface area contributed by atoms with Gasteiger partial charge in [0.25, 0.3) is 0 Å². The Labute approximate surface area is 201 Å². The molecule has 174 valence electrons. The Morgan fingerprint density at radius 3 is 2.73 bits per heavy atom. The molecule has 5 rings (SSSR count). The third-order valence-electron chi connectivity index (χ3n) is 7.58. The normalized spacial score (nSPS) is 22.0. The van der Waals surface area contributed by atoms with Gasteiger partial charge >= 0.3 is 0 Å². The van der Waals surface area contributed by atoms with Crippen LogP contribution in [0, 0.1) is 0 Å². The van der Waals surface area contributed by atoms with E-state index in [-0.39, 0.29) is 11.0 Å². The number of thiophene rings is 1. The third kappa shape index (κ3) is 4.72. The first kappa shape index (κ1) is 22.6. The van der Waals surface area contributed by atoms with E-state index in [2.05, 4.69) is 47.1 Å². The maximum atomic E-state index is 6.40. The van der Waals surface area contributed by atoms with Gasteiger partial charge in [-0.25, -0.2) is 0 Å². The Bertz CT molecular complexity index is 1040. The van der Waals surface area contributed by atoms with Crippen molar-refractivity contribution in [2.45, 2.75) is 62.5 Å². The molecular weight excluding hydrogens is 428 g/mol. The fourth-order valence-corrected chi connectivity index (χ4v) is 6.82. The molecule has 2 aliphatic rings. The number of benzene rings is 1. The molecule has 0 bridgehead atoms. The molecule has 3 aromatic rings. The summed E-state index contributed by atoms with van der Waals surface area (Å²) < 4.78 is 12.0. The zero-order valence-electron chi connectivity index (χ0n) is 19.5. The summed E-state index contributed by atoms with van der Waals surface area (Å²) in [5.74, 6) is 0.950. The van der Waals surface area contributed by atoms with Crippen molar-refractivity contribution >= 4 is 11.3 Å². The Kier molecular flexibility index (Phi) is 6.81. The van der Waals surface area contributed by atoms with E-state index in [0.717, 1.165) is 44.7 Å². The number of hydrogen-bond donors (Lipinski definition) is 1. The maximum absolute atomic E-state index is 6.40. The summed E-state index contributed by atoms with van der Waals surface area (Å²) in [5.41, 5.74) is 3.97. The van der Waals surface area contributed by atoms with Gasteiger partial charge in [-0.3, -0.25) is 4.98 Å². The second-order valence-electron chi connectivity index (χ2n) is 9.56. The van der Waals surface area contributed by atoms with Gasteiger partial charge in [-0.2, -0.15) is 0 Å². The topological polar surface area (TPSA) is 43.4 Å². The maximum Gasteiger partial charge on any atom is 0.137 e. The largest absolute Gasteiger partial charge is 0.495 e. The molecule has 3 heterocycles. The Hall–Kier alpha value is -2.21. The van der Waals surface area contributed by atoms with Crippen LogP contribution in [0.2, 0.25) is 0 Å². The molecule has 1 N–H and O–H groups in total. The minimum absolute atomic E-state index is 0.0676. The van der Waals surface area contributed by atoms with E-state index >= 15 is 0 Å². The molecule has 0 amide bonds. The van der Waals surface area contributed by atoms with E-state index in [1.54, 1.807) is 18.4 Å². The van der Waals surface area contributed by atoms with Crippen LogP contribution in [0.25, 0.3) is 10.4 Å². The van der Waals surface area contributed by atoms with Gasteiger partial charge in [-0.15, -0.1) is 11.3 Å². The average Bonchev–Trinajstić information content (AvgIpc) is 3.52. The minimum atomic E-state index is 0.0676. The lowest BCUT2D eigenvalue weighted by Gasteiger charge is -2.46. The molecule has 5 heteroatoms. The predicted molar refractivity (Wildman–Crippen MR) is 135 cm³/mol. The predicted octanol–water partition coefficient (Wildman–Crippen LogP) is 6.36. The molecule has 0 radical (unpaired) electrons. The SMILES string of the molecule is COc1ccsc1-c1ccccc1CNCCC1(c2ccccn2)CCOC2(CCCC2)C1. The summed E-state index contributed by atoms with van der Waals surface area (Å²) in [6, 6.07) is 17.1. The number of nitrogens with one attached hydrogen (secondary N) is 1. The van der Waals surface area contributed by atoms with E-state index in [1.807, 2.05) is 18.3 Å². The van der Waals surface area contributed by atoms with Crippen molar-refractivity contribution in [1.29, 1.82) is 0 Å². The van der Waals surface area contributed by atoms with Crippen LogP contribution in [0.4, 0.5) is 0 Å². The van der Waals surface area contributed by atoms with Crippen LogP contribution in [0.15, 0.2) is 60.1 Å². The van der Waals surface area contributed by atoms with E-state index < -0.39 is 0 Å². The molecule has 1 aliphatic heterocycles. The van der Waals surface area contributed by atoms with Crippen LogP contribution < -0.4 is 10.1 Å². The molecule has 2 aromatic heterocycles. The highest BCUT2D eigenvalue weighted by Gasteiger charge is 2.48. The highest BCUT2D eigenvalue weighted by Crippen LogP contribution is 2.49. The zero-order valence-corrected chi connectivity index (χ0v) is 20.3. The summed E-state index contributed by atoms with van der Waals surface area (Å²) in [5, 5.41) is 5.85. The number of hydrogen-bond acceptors (Lipinski definition) is 5. The molecule has 33 heavy (non-hydrogen) atoms. The van der Waals surface area contributed by atoms with Crippen LogP contribution in [0.1, 0.15) is 56.2 Å². The van der Waals surface area contributed by atoms with Gasteiger partial charge in [0.1, 0.15) is 5.75 Å². The zero-order chi connectivity index (χ0) is 22.6. The van der Waals surface area contributed by atoms with E-state index in [9.17, 15) is 0 Å². The Morgan fingerprint density at radius 2 is 1.91 bits per heavy atom. The first-order valence-corrected chi connectivity index (χ1v) is 13.1. The summed E-state index contributed by atoms with van der Waals surface area (Å²) in [6.07, 6.45) is 10.2. The highest BCUT2D eigenvalue weighted by atomic mass is 32.1. The molecule has 1 aromatic carbocycles. The van der Waals surface area contributed by atoms with Crippen molar-refractivity contribution < 1.29 is 9.47 Å². The molecule has 1 spiro atoms. The van der Waals surface area contributed by atoms with Crippen molar-refractivity contribution in [1.82, 2.24) is 10.3 Å². The molecule has 2 fully saturated rings. The Balaban J connectivity index is 1.30. The van der Waals surface area contributed by atoms with Gasteiger partial charge in [0.15, 0.2) is 0 Å². The van der Waals surface area contributed by atoms with Crippen molar-refractivity contribution in [2.24, 2.45) is 0 Å². The number of pyridine rings is 1. The van der Waals surface area contributed by atoms with Gasteiger partial charge in [-0.1, -0.05) is 43.2 Å². The molecular formula is C28H34N2O2S. The molecule has 1 atom stereocenters. The first-order valence-electron chi connectivity index (χ1n) is 12.2. The van der Waals surface area contributed by atoms with Crippen molar-refractivity contribution in [3.05, 3.63) is 71.4 Å². The van der Waals surface area contributed by atoms with Crippen LogP contribution in [-0.4, -0.2) is 30.8 Å². The van der Waals surface area contributed by atoms with E-state index in [1.165, 1.54) is 47.4 Å². The number of ether oxygens (including phenoxy) is 2. The number of methoxy groups -OCH3 is 1. The lowest BCUT2D eigenvalue weighted by atomic mass is 9.68. The second kappa shape index (κ2) is 9.96. The van der Waals surface area contributed by atoms with Crippen LogP contribution in [0.3, 0.4) is 0 Å². The summed E-state index contributed by atoms with van der Waals surface area (Å²) >= 11 is 1.74. The average molecular weight is 463 g/mol. The van der Waals surface area contributed by atoms with Crippen molar-refractivity contribution in [2.75, 3.05) is 20.3 Å². The molecule has 1 aliphatic carbocycles. The van der Waals surface area contributed by atoms with Crippen LogP contribution in [-0.2, 0) is 16.7 Å². The number of nitrogens with zero attached hydrogens (tertiary/aromatic N) is 1. The second-order valence-corrected chi connectivity index (χ2v) is 10.5. The highest BCUT2D eigenvalue weighted by molar-refractivity contribution is 7.14. The molecule has 4 nitrogen and oxygen atoms in total. The monoisotopic (exact) mass is 462 g/mol. The molecule has 1 saturated heterocycles. The smallest absolute Gasteiger partial charge is 0.137 e. The number of rotatable bonds is 8. The van der Waals surface area contributed by atoms with E-state index in [4.69, 9.17) is 14.5 Å². The number of aromatic nitrogens is 1. The molecule has 1 unspecified atom stereocenters. The third-order valence-corrected chi connectivity index (χ3v) is 8.51. The van der Waals surface area contributed by atoms with Crippen LogP contribution >= 0.6 is 11.3 Å². The standard InChI is InChI=1S/C28H34N2O2S/c1-31-24-11-19-33-26(24)23-9-3-2-8-22(23)20-29-17-14-27(25-10-4-7-16-30-25)15-18-32-28(21-27)12-5-6-13-28/h2-4,7-11,16,19,29H,5-6,12-15,17-18,20-21H2,1H3. The van der Waals surface area contributed by atoms with Crippen molar-refractivity contribution in [3.63, 3.8) is 0 Å².